The van der Waals surface area contributed by atoms with Crippen molar-refractivity contribution in [2.24, 2.45) is 0 Å². The number of hydrogen-bond donors (Lipinski definition) is 1. The van der Waals surface area contributed by atoms with E-state index < -0.39 is 0 Å². The van der Waals surface area contributed by atoms with Gasteiger partial charge in [0.15, 0.2) is 0 Å². The Morgan fingerprint density at radius 1 is 1.65 bits per heavy atom. The van der Waals surface area contributed by atoms with Gasteiger partial charge in [-0.2, -0.15) is 4.98 Å². The molecule has 0 radical (unpaired) electrons. The van der Waals surface area contributed by atoms with Crippen molar-refractivity contribution >= 4 is 0 Å². The maximum Gasteiger partial charge on any atom is 0.302 e. The topological polar surface area (TPSA) is 73.6 Å². The molecule has 2 bridgehead atoms. The number of aryl methyl sites for hydroxylation is 1. The molecule has 0 saturated carbocycles. The van der Waals surface area contributed by atoms with Crippen molar-refractivity contribution in [2.45, 2.75) is 38.2 Å². The Morgan fingerprint density at radius 2 is 2.47 bits per heavy atom. The maximum absolute atomic E-state index is 11.6. The smallest absolute Gasteiger partial charge is 0.302 e. The lowest BCUT2D eigenvalue weighted by atomic mass is 10.1. The number of aliphatic hydroxyl groups is 1. The molecule has 0 spiro atoms. The third-order valence-corrected chi connectivity index (χ3v) is 3.30. The quantitative estimate of drug-likeness (QED) is 0.775. The van der Waals surface area contributed by atoms with Crippen molar-refractivity contribution in [3.8, 4) is 6.01 Å². The second kappa shape index (κ2) is 3.82. The molecule has 17 heavy (non-hydrogen) atoms. The van der Waals surface area contributed by atoms with Gasteiger partial charge in [-0.25, -0.2) is 0 Å². The summed E-state index contributed by atoms with van der Waals surface area (Å²) in [6, 6.07) is 0.296. The molecule has 1 fully saturated rings. The molecule has 1 saturated heterocycles. The number of ether oxygens (including phenoxy) is 2. The first-order valence-corrected chi connectivity index (χ1v) is 5.78. The van der Waals surface area contributed by atoms with E-state index in [2.05, 4.69) is 4.98 Å². The minimum Gasteiger partial charge on any atom is -0.458 e. The van der Waals surface area contributed by atoms with E-state index in [0.29, 0.717) is 24.4 Å². The molecule has 0 aliphatic carbocycles. The fourth-order valence-corrected chi connectivity index (χ4v) is 2.33. The van der Waals surface area contributed by atoms with Gasteiger partial charge in [0, 0.05) is 18.2 Å². The van der Waals surface area contributed by atoms with Crippen molar-refractivity contribution in [3.63, 3.8) is 0 Å². The van der Waals surface area contributed by atoms with E-state index in [9.17, 15) is 4.79 Å². The van der Waals surface area contributed by atoms with Gasteiger partial charge < -0.3 is 14.6 Å². The van der Waals surface area contributed by atoms with Crippen LogP contribution >= 0.6 is 0 Å². The molecule has 2 aliphatic rings. The monoisotopic (exact) mass is 238 g/mol. The summed E-state index contributed by atoms with van der Waals surface area (Å²) >= 11 is 0. The number of rotatable bonds is 2. The predicted octanol–water partition coefficient (Wildman–Crippen LogP) is -0.153. The number of hydrogen-bond acceptors (Lipinski definition) is 5. The third-order valence-electron chi connectivity index (χ3n) is 3.30. The highest BCUT2D eigenvalue weighted by Crippen LogP contribution is 2.37. The van der Waals surface area contributed by atoms with E-state index in [-0.39, 0.29) is 30.6 Å². The van der Waals surface area contributed by atoms with Crippen LogP contribution in [-0.2, 0) is 11.2 Å². The van der Waals surface area contributed by atoms with Crippen LogP contribution in [-0.4, -0.2) is 33.5 Å². The van der Waals surface area contributed by atoms with Crippen LogP contribution in [0, 0.1) is 0 Å². The largest absolute Gasteiger partial charge is 0.458 e. The average Bonchev–Trinajstić information content (AvgIpc) is 2.67. The van der Waals surface area contributed by atoms with Gasteiger partial charge in [-0.1, -0.05) is 6.92 Å². The molecule has 3 heterocycles. The van der Waals surface area contributed by atoms with Gasteiger partial charge in [0.25, 0.3) is 5.56 Å². The molecule has 1 N–H and O–H groups in total. The molecule has 1 aromatic rings. The van der Waals surface area contributed by atoms with Gasteiger partial charge in [0.05, 0.1) is 6.61 Å². The van der Waals surface area contributed by atoms with Crippen LogP contribution in [0.4, 0.5) is 0 Å². The van der Waals surface area contributed by atoms with Gasteiger partial charge in [-0.3, -0.25) is 9.36 Å². The van der Waals surface area contributed by atoms with E-state index >= 15 is 0 Å². The fourth-order valence-electron chi connectivity index (χ4n) is 2.33. The molecule has 6 heteroatoms. The number of nitrogens with zero attached hydrogens (tertiary/aromatic N) is 2. The molecular formula is C11H14N2O4. The summed E-state index contributed by atoms with van der Waals surface area (Å²) in [5.74, 6) is 0. The van der Waals surface area contributed by atoms with Gasteiger partial charge in [0.2, 0.25) is 0 Å². The molecule has 2 aliphatic heterocycles. The highest BCUT2D eigenvalue weighted by Gasteiger charge is 2.42. The Labute approximate surface area is 97.8 Å². The molecular weight excluding hydrogens is 224 g/mol. The number of aliphatic hydroxyl groups excluding tert-OH is 1. The van der Waals surface area contributed by atoms with Crippen molar-refractivity contribution in [1.29, 1.82) is 0 Å². The summed E-state index contributed by atoms with van der Waals surface area (Å²) in [6.07, 6.45) is 2.34. The van der Waals surface area contributed by atoms with Gasteiger partial charge in [-0.05, 0) is 6.42 Å². The van der Waals surface area contributed by atoms with Crippen LogP contribution < -0.4 is 10.3 Å². The summed E-state index contributed by atoms with van der Waals surface area (Å²) in [7, 11) is 0. The molecule has 6 nitrogen and oxygen atoms in total. The second-order valence-electron chi connectivity index (χ2n) is 4.32. The van der Waals surface area contributed by atoms with Crippen molar-refractivity contribution in [3.05, 3.63) is 22.1 Å². The second-order valence-corrected chi connectivity index (χ2v) is 4.32. The number of aromatic nitrogens is 2. The van der Waals surface area contributed by atoms with Crippen molar-refractivity contribution < 1.29 is 14.6 Å². The maximum atomic E-state index is 11.6. The zero-order chi connectivity index (χ0) is 12.0. The zero-order valence-electron chi connectivity index (χ0n) is 9.50. The van der Waals surface area contributed by atoms with Crippen LogP contribution in [0.15, 0.2) is 11.0 Å². The summed E-state index contributed by atoms with van der Waals surface area (Å²) < 4.78 is 13.0. The minimum absolute atomic E-state index is 0.0828. The Balaban J connectivity index is 2.04. The van der Waals surface area contributed by atoms with Crippen LogP contribution in [0.5, 0.6) is 6.01 Å². The van der Waals surface area contributed by atoms with Gasteiger partial charge >= 0.3 is 6.01 Å². The van der Waals surface area contributed by atoms with E-state index in [0.717, 1.165) is 0 Å². The van der Waals surface area contributed by atoms with Crippen molar-refractivity contribution in [1.82, 2.24) is 9.55 Å². The standard InChI is InChI=1S/C11H14N2O4/c1-2-6-4-13-9-3-7(8(5-14)16-9)17-11(13)12-10(6)15/h4,7-9,14H,2-3,5H2,1H3/t7-,8-,9-/m1/s1. The zero-order valence-corrected chi connectivity index (χ0v) is 9.50. The third kappa shape index (κ3) is 1.56. The first-order chi connectivity index (χ1) is 8.22. The summed E-state index contributed by atoms with van der Waals surface area (Å²) in [6.45, 7) is 1.82. The van der Waals surface area contributed by atoms with E-state index in [1.54, 1.807) is 10.8 Å². The Hall–Kier alpha value is -1.40. The summed E-state index contributed by atoms with van der Waals surface area (Å²) in [5, 5.41) is 9.15. The lowest BCUT2D eigenvalue weighted by molar-refractivity contribution is -0.0247. The lowest BCUT2D eigenvalue weighted by Gasteiger charge is -2.23. The first-order valence-electron chi connectivity index (χ1n) is 5.78. The highest BCUT2D eigenvalue weighted by atomic mass is 16.6. The molecule has 92 valence electrons. The normalized spacial score (nSPS) is 29.9. The van der Waals surface area contributed by atoms with E-state index in [1.165, 1.54) is 0 Å². The van der Waals surface area contributed by atoms with Crippen LogP contribution in [0.2, 0.25) is 0 Å². The molecule has 0 amide bonds. The first kappa shape index (κ1) is 10.7. The van der Waals surface area contributed by atoms with Crippen LogP contribution in [0.25, 0.3) is 0 Å². The van der Waals surface area contributed by atoms with Gasteiger partial charge in [0.1, 0.15) is 18.4 Å². The summed E-state index contributed by atoms with van der Waals surface area (Å²) in [5.41, 5.74) is 0.396. The Kier molecular flexibility index (Phi) is 2.41. The highest BCUT2D eigenvalue weighted by molar-refractivity contribution is 5.14. The van der Waals surface area contributed by atoms with Crippen molar-refractivity contribution in [2.75, 3.05) is 6.61 Å². The minimum atomic E-state index is -0.332. The fraction of sp³-hybridized carbons (Fsp3) is 0.636. The van der Waals surface area contributed by atoms with Gasteiger partial charge in [-0.15, -0.1) is 0 Å². The molecule has 3 rings (SSSR count). The average molecular weight is 238 g/mol. The molecule has 0 aromatic carbocycles. The van der Waals surface area contributed by atoms with Crippen LogP contribution in [0.3, 0.4) is 0 Å². The summed E-state index contributed by atoms with van der Waals surface area (Å²) in [4.78, 5) is 15.5. The predicted molar refractivity (Wildman–Crippen MR) is 57.9 cm³/mol. The Bertz CT molecular complexity index is 499. The molecule has 3 atom stereocenters. The van der Waals surface area contributed by atoms with Crippen LogP contribution in [0.1, 0.15) is 25.1 Å². The lowest BCUT2D eigenvalue weighted by Crippen LogP contribution is -2.33. The number of fused-ring (bicyclic) bond motifs is 4. The Morgan fingerprint density at radius 3 is 3.18 bits per heavy atom. The molecule has 0 unspecified atom stereocenters. The van der Waals surface area contributed by atoms with E-state index in [4.69, 9.17) is 14.6 Å². The van der Waals surface area contributed by atoms with E-state index in [1.807, 2.05) is 6.92 Å². The molecule has 1 aromatic heterocycles. The SMILES string of the molecule is CCc1cn2c(nc1=O)O[C@@H]1C[C@H]2O[C@@H]1CO.